The lowest BCUT2D eigenvalue weighted by Gasteiger charge is -2.24. The molecule has 2 rings (SSSR count). The zero-order valence-electron chi connectivity index (χ0n) is 18.7. The van der Waals surface area contributed by atoms with E-state index in [9.17, 15) is 13.2 Å². The van der Waals surface area contributed by atoms with E-state index in [1.54, 1.807) is 24.3 Å². The molecule has 1 N–H and O–H groups in total. The minimum atomic E-state index is -3.63. The van der Waals surface area contributed by atoms with Crippen LogP contribution < -0.4 is 14.4 Å². The van der Waals surface area contributed by atoms with Crippen molar-refractivity contribution in [3.63, 3.8) is 0 Å². The summed E-state index contributed by atoms with van der Waals surface area (Å²) in [7, 11) is -3.63. The maximum atomic E-state index is 12.7. The van der Waals surface area contributed by atoms with Crippen molar-refractivity contribution in [3.8, 4) is 5.75 Å². The largest absolute Gasteiger partial charge is 0.494 e. The van der Waals surface area contributed by atoms with Crippen LogP contribution in [0, 0.1) is 20.8 Å². The number of rotatable bonds is 9. The first-order valence-electron chi connectivity index (χ1n) is 10.1. The van der Waals surface area contributed by atoms with Gasteiger partial charge in [0.25, 0.3) is 0 Å². The molecule has 0 aliphatic carbocycles. The summed E-state index contributed by atoms with van der Waals surface area (Å²) in [5.41, 5.74) is 4.89. The van der Waals surface area contributed by atoms with Gasteiger partial charge >= 0.3 is 0 Å². The van der Waals surface area contributed by atoms with Gasteiger partial charge in [-0.05, 0) is 80.6 Å². The SMILES string of the molecule is CCCOc1ccc(N(CC(=O)N[C@H](C)c2cc(C)c(C)cc2C)S(C)(=O)=O)cc1. The van der Waals surface area contributed by atoms with Gasteiger partial charge in [-0.3, -0.25) is 9.10 Å². The number of carbonyl (C=O) groups excluding carboxylic acids is 1. The van der Waals surface area contributed by atoms with Gasteiger partial charge in [0.1, 0.15) is 12.3 Å². The molecule has 0 unspecified atom stereocenters. The maximum absolute atomic E-state index is 12.7. The van der Waals surface area contributed by atoms with Crippen LogP contribution >= 0.6 is 0 Å². The number of nitrogens with one attached hydrogen (secondary N) is 1. The average molecular weight is 433 g/mol. The van der Waals surface area contributed by atoms with Gasteiger partial charge in [-0.1, -0.05) is 19.1 Å². The standard InChI is InChI=1S/C23H32N2O4S/c1-7-12-29-21-10-8-20(9-11-21)25(30(6,27)28)15-23(26)24-19(5)22-14-17(3)16(2)13-18(22)4/h8-11,13-14,19H,7,12,15H2,1-6H3,(H,24,26)/t19-/m1/s1. The van der Waals surface area contributed by atoms with E-state index < -0.39 is 10.0 Å². The minimum absolute atomic E-state index is 0.233. The summed E-state index contributed by atoms with van der Waals surface area (Å²) in [6.45, 7) is 10.3. The molecule has 1 amide bonds. The molecular weight excluding hydrogens is 400 g/mol. The van der Waals surface area contributed by atoms with E-state index in [2.05, 4.69) is 24.4 Å². The number of ether oxygens (including phenoxy) is 1. The van der Waals surface area contributed by atoms with Gasteiger partial charge in [0.05, 0.1) is 24.6 Å². The van der Waals surface area contributed by atoms with E-state index in [4.69, 9.17) is 4.74 Å². The molecule has 30 heavy (non-hydrogen) atoms. The molecule has 0 saturated carbocycles. The molecule has 2 aromatic carbocycles. The summed E-state index contributed by atoms with van der Waals surface area (Å²) >= 11 is 0. The Balaban J connectivity index is 2.15. The predicted molar refractivity (Wildman–Crippen MR) is 122 cm³/mol. The van der Waals surface area contributed by atoms with Gasteiger partial charge < -0.3 is 10.1 Å². The fourth-order valence-corrected chi connectivity index (χ4v) is 4.13. The lowest BCUT2D eigenvalue weighted by molar-refractivity contribution is -0.120. The van der Waals surface area contributed by atoms with Crippen LogP contribution in [-0.2, 0) is 14.8 Å². The molecule has 0 aliphatic heterocycles. The van der Waals surface area contributed by atoms with Crippen LogP contribution in [0.4, 0.5) is 5.69 Å². The summed E-state index contributed by atoms with van der Waals surface area (Å²) in [5.74, 6) is 0.300. The number of amides is 1. The molecule has 0 saturated heterocycles. The first-order valence-corrected chi connectivity index (χ1v) is 12.0. The molecule has 0 spiro atoms. The third-order valence-electron chi connectivity index (χ3n) is 5.01. The van der Waals surface area contributed by atoms with Crippen molar-refractivity contribution in [2.45, 2.75) is 47.1 Å². The van der Waals surface area contributed by atoms with Crippen LogP contribution in [0.5, 0.6) is 5.75 Å². The number of hydrogen-bond donors (Lipinski definition) is 1. The predicted octanol–water partition coefficient (Wildman–Crippen LogP) is 4.04. The van der Waals surface area contributed by atoms with Crippen LogP contribution in [0.1, 0.15) is 48.6 Å². The minimum Gasteiger partial charge on any atom is -0.494 e. The molecule has 0 radical (unpaired) electrons. The van der Waals surface area contributed by atoms with Crippen molar-refractivity contribution in [3.05, 3.63) is 58.7 Å². The lowest BCUT2D eigenvalue weighted by atomic mass is 9.96. The smallest absolute Gasteiger partial charge is 0.241 e. The fraction of sp³-hybridized carbons (Fsp3) is 0.435. The number of aryl methyl sites for hydroxylation is 3. The third kappa shape index (κ3) is 6.23. The third-order valence-corrected chi connectivity index (χ3v) is 6.15. The van der Waals surface area contributed by atoms with E-state index in [1.165, 1.54) is 5.56 Å². The Morgan fingerprint density at radius 1 is 1.07 bits per heavy atom. The molecular formula is C23H32N2O4S. The first kappa shape index (κ1) is 23.7. The van der Waals surface area contributed by atoms with Crippen LogP contribution in [0.3, 0.4) is 0 Å². The Morgan fingerprint density at radius 2 is 1.67 bits per heavy atom. The number of carbonyl (C=O) groups is 1. The summed E-state index contributed by atoms with van der Waals surface area (Å²) in [6.07, 6.45) is 1.98. The molecule has 164 valence electrons. The molecule has 0 aromatic heterocycles. The van der Waals surface area contributed by atoms with Gasteiger partial charge in [-0.2, -0.15) is 0 Å². The monoisotopic (exact) mass is 432 g/mol. The number of hydrogen-bond acceptors (Lipinski definition) is 4. The van der Waals surface area contributed by atoms with E-state index in [0.29, 0.717) is 18.0 Å². The highest BCUT2D eigenvalue weighted by Gasteiger charge is 2.22. The summed E-state index contributed by atoms with van der Waals surface area (Å²) < 4.78 is 31.3. The fourth-order valence-electron chi connectivity index (χ4n) is 3.27. The van der Waals surface area contributed by atoms with Crippen LogP contribution in [0.15, 0.2) is 36.4 Å². The summed E-state index contributed by atoms with van der Waals surface area (Å²) in [5, 5.41) is 2.93. The van der Waals surface area contributed by atoms with Crippen molar-refractivity contribution in [2.75, 3.05) is 23.7 Å². The van der Waals surface area contributed by atoms with Crippen LogP contribution in [0.25, 0.3) is 0 Å². The van der Waals surface area contributed by atoms with Crippen LogP contribution in [0.2, 0.25) is 0 Å². The maximum Gasteiger partial charge on any atom is 0.241 e. The molecule has 0 heterocycles. The van der Waals surface area contributed by atoms with Crippen LogP contribution in [-0.4, -0.2) is 33.7 Å². The average Bonchev–Trinajstić information content (AvgIpc) is 2.67. The second-order valence-corrected chi connectivity index (χ2v) is 9.60. The molecule has 2 aromatic rings. The molecule has 0 aliphatic rings. The second-order valence-electron chi connectivity index (χ2n) is 7.69. The van der Waals surface area contributed by atoms with Crippen molar-refractivity contribution in [1.29, 1.82) is 0 Å². The second kappa shape index (κ2) is 9.98. The van der Waals surface area contributed by atoms with Gasteiger partial charge in [0.15, 0.2) is 0 Å². The van der Waals surface area contributed by atoms with Crippen molar-refractivity contribution < 1.29 is 17.9 Å². The Bertz CT molecular complexity index is 985. The quantitative estimate of drug-likeness (QED) is 0.649. The van der Waals surface area contributed by atoms with E-state index in [-0.39, 0.29) is 18.5 Å². The number of benzene rings is 2. The first-order chi connectivity index (χ1) is 14.0. The van der Waals surface area contributed by atoms with Crippen molar-refractivity contribution >= 4 is 21.6 Å². The Hall–Kier alpha value is -2.54. The molecule has 7 heteroatoms. The summed E-state index contributed by atoms with van der Waals surface area (Å²) in [4.78, 5) is 12.7. The number of anilines is 1. The zero-order valence-corrected chi connectivity index (χ0v) is 19.5. The lowest BCUT2D eigenvalue weighted by Crippen LogP contribution is -2.41. The van der Waals surface area contributed by atoms with Crippen molar-refractivity contribution in [1.82, 2.24) is 5.32 Å². The molecule has 1 atom stereocenters. The highest BCUT2D eigenvalue weighted by molar-refractivity contribution is 7.92. The van der Waals surface area contributed by atoms with Gasteiger partial charge in [-0.25, -0.2) is 8.42 Å². The topological polar surface area (TPSA) is 75.7 Å². The highest BCUT2D eigenvalue weighted by atomic mass is 32.2. The Kier molecular flexibility index (Phi) is 7.89. The number of sulfonamides is 1. The number of nitrogens with zero attached hydrogens (tertiary/aromatic N) is 1. The normalized spacial score (nSPS) is 12.3. The summed E-state index contributed by atoms with van der Waals surface area (Å²) in [6, 6.07) is 10.6. The molecule has 6 nitrogen and oxygen atoms in total. The van der Waals surface area contributed by atoms with E-state index in [1.807, 2.05) is 27.7 Å². The molecule has 0 fully saturated rings. The van der Waals surface area contributed by atoms with Gasteiger partial charge in [-0.15, -0.1) is 0 Å². The van der Waals surface area contributed by atoms with E-state index >= 15 is 0 Å². The molecule has 0 bridgehead atoms. The van der Waals surface area contributed by atoms with Crippen molar-refractivity contribution in [2.24, 2.45) is 0 Å². The van der Waals surface area contributed by atoms with Gasteiger partial charge in [0.2, 0.25) is 15.9 Å². The van der Waals surface area contributed by atoms with E-state index in [0.717, 1.165) is 33.7 Å². The van der Waals surface area contributed by atoms with Gasteiger partial charge in [0, 0.05) is 0 Å². The Morgan fingerprint density at radius 3 is 2.23 bits per heavy atom. The highest BCUT2D eigenvalue weighted by Crippen LogP contribution is 2.23. The zero-order chi connectivity index (χ0) is 22.5. The Labute approximate surface area is 180 Å².